The Kier molecular flexibility index (Phi) is 8.14. The normalized spacial score (nSPS) is 12.4. The summed E-state index contributed by atoms with van der Waals surface area (Å²) in [4.78, 5) is 38.3. The van der Waals surface area contributed by atoms with Crippen LogP contribution in [-0.4, -0.2) is 41.5 Å². The van der Waals surface area contributed by atoms with E-state index >= 15 is 0 Å². The topological polar surface area (TPSA) is 99.8 Å². The second-order valence-corrected chi connectivity index (χ2v) is 8.46. The van der Waals surface area contributed by atoms with Gasteiger partial charge in [-0.05, 0) is 64.1 Å². The summed E-state index contributed by atoms with van der Waals surface area (Å²) in [6.07, 6.45) is -5.16. The zero-order chi connectivity index (χ0) is 25.7. The standard InChI is InChI=1S/C23H27F3N4O4/c1-14(30(5)21(33)34-22(2,3)4)19(31)28-29-20(32)17-8-6-7-9-18(17)27-16-12-10-15(11-13-16)23(24,25)26/h6-14,27H,1-5H3,(H,28,31)(H,29,32). The fourth-order valence-corrected chi connectivity index (χ4v) is 2.65. The number of nitrogens with one attached hydrogen (secondary N) is 3. The maximum Gasteiger partial charge on any atom is 0.416 e. The van der Waals surface area contributed by atoms with Crippen LogP contribution in [0.15, 0.2) is 48.5 Å². The van der Waals surface area contributed by atoms with Crippen molar-refractivity contribution in [2.75, 3.05) is 12.4 Å². The number of carbonyl (C=O) groups excluding carboxylic acids is 3. The molecule has 0 saturated heterocycles. The minimum Gasteiger partial charge on any atom is -0.444 e. The third-order valence-corrected chi connectivity index (χ3v) is 4.60. The molecule has 3 N–H and O–H groups in total. The molecule has 1 unspecified atom stereocenters. The van der Waals surface area contributed by atoms with Crippen LogP contribution in [0.1, 0.15) is 43.6 Å². The molecule has 2 aromatic rings. The number of nitrogens with zero attached hydrogens (tertiary/aromatic N) is 1. The average molecular weight is 480 g/mol. The molecule has 34 heavy (non-hydrogen) atoms. The summed E-state index contributed by atoms with van der Waals surface area (Å²) in [5.41, 5.74) is 3.78. The first-order valence-electron chi connectivity index (χ1n) is 10.3. The molecule has 0 bridgehead atoms. The van der Waals surface area contributed by atoms with Crippen LogP contribution in [-0.2, 0) is 15.7 Å². The molecule has 0 heterocycles. The van der Waals surface area contributed by atoms with E-state index < -0.39 is 41.3 Å². The van der Waals surface area contributed by atoms with Gasteiger partial charge < -0.3 is 10.1 Å². The zero-order valence-electron chi connectivity index (χ0n) is 19.4. The van der Waals surface area contributed by atoms with Gasteiger partial charge in [-0.2, -0.15) is 13.2 Å². The van der Waals surface area contributed by atoms with Gasteiger partial charge in [-0.25, -0.2) is 4.79 Å². The Labute approximate surface area is 195 Å². The van der Waals surface area contributed by atoms with Crippen LogP contribution in [0.5, 0.6) is 0 Å². The van der Waals surface area contributed by atoms with Crippen molar-refractivity contribution in [3.8, 4) is 0 Å². The number of carbonyl (C=O) groups is 3. The first kappa shape index (κ1) is 26.5. The summed E-state index contributed by atoms with van der Waals surface area (Å²) in [5.74, 6) is -1.33. The van der Waals surface area contributed by atoms with Gasteiger partial charge in [-0.15, -0.1) is 0 Å². The van der Waals surface area contributed by atoms with E-state index in [0.717, 1.165) is 17.0 Å². The van der Waals surface area contributed by atoms with Gasteiger partial charge in [0.05, 0.1) is 16.8 Å². The van der Waals surface area contributed by atoms with Crippen molar-refractivity contribution in [3.63, 3.8) is 0 Å². The third kappa shape index (κ3) is 7.39. The van der Waals surface area contributed by atoms with Gasteiger partial charge in [0.2, 0.25) is 0 Å². The predicted molar refractivity (Wildman–Crippen MR) is 120 cm³/mol. The van der Waals surface area contributed by atoms with Crippen LogP contribution < -0.4 is 16.2 Å². The van der Waals surface area contributed by atoms with Gasteiger partial charge >= 0.3 is 12.3 Å². The number of hydrogen-bond donors (Lipinski definition) is 3. The lowest BCUT2D eigenvalue weighted by Gasteiger charge is -2.28. The molecule has 0 aliphatic carbocycles. The van der Waals surface area contributed by atoms with E-state index in [1.807, 2.05) is 0 Å². The molecule has 184 valence electrons. The molecule has 1 atom stereocenters. The largest absolute Gasteiger partial charge is 0.444 e. The van der Waals surface area contributed by atoms with E-state index in [9.17, 15) is 27.6 Å². The maximum atomic E-state index is 12.8. The van der Waals surface area contributed by atoms with E-state index in [2.05, 4.69) is 16.2 Å². The molecule has 0 aliphatic heterocycles. The SMILES string of the molecule is CC(C(=O)NNC(=O)c1ccccc1Nc1ccc(C(F)(F)F)cc1)N(C)C(=O)OC(C)(C)C. The van der Waals surface area contributed by atoms with E-state index in [1.54, 1.807) is 39.0 Å². The van der Waals surface area contributed by atoms with Crippen LogP contribution in [0, 0.1) is 0 Å². The minimum absolute atomic E-state index is 0.135. The minimum atomic E-state index is -4.46. The van der Waals surface area contributed by atoms with Crippen molar-refractivity contribution >= 4 is 29.3 Å². The first-order chi connectivity index (χ1) is 15.7. The fourth-order valence-electron chi connectivity index (χ4n) is 2.65. The van der Waals surface area contributed by atoms with Gasteiger partial charge in [0.1, 0.15) is 11.6 Å². The monoisotopic (exact) mass is 480 g/mol. The molecule has 8 nitrogen and oxygen atoms in total. The molecule has 0 saturated carbocycles. The fraction of sp³-hybridized carbons (Fsp3) is 0.348. The van der Waals surface area contributed by atoms with Crippen molar-refractivity contribution in [1.29, 1.82) is 0 Å². The molecule has 0 radical (unpaired) electrons. The second kappa shape index (κ2) is 10.4. The van der Waals surface area contributed by atoms with Crippen LogP contribution in [0.4, 0.5) is 29.3 Å². The van der Waals surface area contributed by atoms with E-state index in [4.69, 9.17) is 4.74 Å². The first-order valence-corrected chi connectivity index (χ1v) is 10.3. The van der Waals surface area contributed by atoms with Gasteiger partial charge in [-0.1, -0.05) is 12.1 Å². The number of hydrogen-bond acceptors (Lipinski definition) is 5. The second-order valence-electron chi connectivity index (χ2n) is 8.46. The van der Waals surface area contributed by atoms with Crippen molar-refractivity contribution in [2.45, 2.75) is 45.5 Å². The number of rotatable bonds is 5. The van der Waals surface area contributed by atoms with Crippen molar-refractivity contribution in [2.24, 2.45) is 0 Å². The van der Waals surface area contributed by atoms with Gasteiger partial charge in [0, 0.05) is 12.7 Å². The van der Waals surface area contributed by atoms with Crippen LogP contribution in [0.25, 0.3) is 0 Å². The molecule has 0 aromatic heterocycles. The molecule has 2 rings (SSSR count). The molecule has 0 aliphatic rings. The highest BCUT2D eigenvalue weighted by Gasteiger charge is 2.30. The number of ether oxygens (including phenoxy) is 1. The quantitative estimate of drug-likeness (QED) is 0.549. The highest BCUT2D eigenvalue weighted by atomic mass is 19.4. The van der Waals surface area contributed by atoms with E-state index in [1.165, 1.54) is 32.2 Å². The lowest BCUT2D eigenvalue weighted by Crippen LogP contribution is -2.52. The van der Waals surface area contributed by atoms with Gasteiger partial charge in [-0.3, -0.25) is 25.3 Å². The Morgan fingerprint density at radius 1 is 0.941 bits per heavy atom. The summed E-state index contributed by atoms with van der Waals surface area (Å²) in [6.45, 7) is 6.55. The zero-order valence-corrected chi connectivity index (χ0v) is 19.4. The summed E-state index contributed by atoms with van der Waals surface area (Å²) < 4.78 is 43.5. The number of anilines is 2. The smallest absolute Gasteiger partial charge is 0.416 e. The highest BCUT2D eigenvalue weighted by Crippen LogP contribution is 2.30. The number of alkyl halides is 3. The Morgan fingerprint density at radius 2 is 1.53 bits per heavy atom. The summed E-state index contributed by atoms with van der Waals surface area (Å²) >= 11 is 0. The van der Waals surface area contributed by atoms with Crippen molar-refractivity contribution in [1.82, 2.24) is 15.8 Å². The molecule has 0 spiro atoms. The average Bonchev–Trinajstić information content (AvgIpc) is 2.75. The molecule has 11 heteroatoms. The Bertz CT molecular complexity index is 1030. The highest BCUT2D eigenvalue weighted by molar-refractivity contribution is 6.01. The Morgan fingerprint density at radius 3 is 2.09 bits per heavy atom. The van der Waals surface area contributed by atoms with E-state index in [0.29, 0.717) is 11.4 Å². The lowest BCUT2D eigenvalue weighted by atomic mass is 10.1. The predicted octanol–water partition coefficient (Wildman–Crippen LogP) is 4.47. The molecular formula is C23H27F3N4O4. The van der Waals surface area contributed by atoms with Crippen LogP contribution in [0.3, 0.4) is 0 Å². The third-order valence-electron chi connectivity index (χ3n) is 4.60. The summed E-state index contributed by atoms with van der Waals surface area (Å²) in [5, 5.41) is 2.89. The lowest BCUT2D eigenvalue weighted by molar-refractivity contribution is -0.137. The summed E-state index contributed by atoms with van der Waals surface area (Å²) in [7, 11) is 1.39. The van der Waals surface area contributed by atoms with Gasteiger partial charge in [0.15, 0.2) is 0 Å². The number of hydrazine groups is 1. The number of halogens is 3. The number of benzene rings is 2. The Hall–Kier alpha value is -3.76. The number of para-hydroxylation sites is 1. The van der Waals surface area contributed by atoms with Crippen molar-refractivity contribution in [3.05, 3.63) is 59.7 Å². The van der Waals surface area contributed by atoms with E-state index in [-0.39, 0.29) is 5.56 Å². The molecular weight excluding hydrogens is 453 g/mol. The van der Waals surface area contributed by atoms with Crippen LogP contribution >= 0.6 is 0 Å². The molecule has 3 amide bonds. The van der Waals surface area contributed by atoms with Crippen LogP contribution in [0.2, 0.25) is 0 Å². The summed E-state index contributed by atoms with van der Waals surface area (Å²) in [6, 6.07) is 9.66. The van der Waals surface area contributed by atoms with Crippen molar-refractivity contribution < 1.29 is 32.3 Å². The Balaban J connectivity index is 2.03. The molecule has 0 fully saturated rings. The maximum absolute atomic E-state index is 12.8. The molecule has 2 aromatic carbocycles. The number of likely N-dealkylation sites (N-methyl/N-ethyl adjacent to an activating group) is 1. The van der Waals surface area contributed by atoms with Gasteiger partial charge in [0.25, 0.3) is 11.8 Å². The number of amides is 3.